The Labute approximate surface area is 274 Å². The molecule has 0 atom stereocenters. The van der Waals surface area contributed by atoms with Gasteiger partial charge in [-0.15, -0.1) is 11.3 Å². The lowest BCUT2D eigenvalue weighted by molar-refractivity contribution is 1.17. The zero-order valence-electron chi connectivity index (χ0n) is 25.2. The highest BCUT2D eigenvalue weighted by atomic mass is 32.1. The van der Waals surface area contributed by atoms with Crippen LogP contribution in [0.5, 0.6) is 0 Å². The van der Waals surface area contributed by atoms with E-state index in [1.54, 1.807) is 0 Å². The average molecular weight is 616 g/mol. The first-order valence-electron chi connectivity index (χ1n) is 15.8. The molecule has 47 heavy (non-hydrogen) atoms. The minimum absolute atomic E-state index is 0.654. The molecule has 0 amide bonds. The zero-order valence-corrected chi connectivity index (χ0v) is 26.0. The minimum Gasteiger partial charge on any atom is -0.309 e. The van der Waals surface area contributed by atoms with E-state index >= 15 is 0 Å². The number of nitriles is 1. The second-order valence-electron chi connectivity index (χ2n) is 12.0. The van der Waals surface area contributed by atoms with Crippen molar-refractivity contribution in [3.05, 3.63) is 157 Å². The van der Waals surface area contributed by atoms with Gasteiger partial charge in [0.05, 0.1) is 33.3 Å². The minimum atomic E-state index is 0.654. The van der Waals surface area contributed by atoms with Gasteiger partial charge in [-0.2, -0.15) is 5.26 Å². The molecule has 10 aromatic rings. The van der Waals surface area contributed by atoms with Crippen LogP contribution < -0.4 is 0 Å². The van der Waals surface area contributed by atoms with Gasteiger partial charge in [-0.25, -0.2) is 0 Å². The number of benzene rings is 7. The van der Waals surface area contributed by atoms with Gasteiger partial charge in [0.15, 0.2) is 0 Å². The van der Waals surface area contributed by atoms with Gasteiger partial charge < -0.3 is 9.13 Å². The summed E-state index contributed by atoms with van der Waals surface area (Å²) < 4.78 is 7.21. The molecule has 3 nitrogen and oxygen atoms in total. The van der Waals surface area contributed by atoms with Crippen LogP contribution in [-0.4, -0.2) is 9.13 Å². The van der Waals surface area contributed by atoms with Gasteiger partial charge in [0.2, 0.25) is 0 Å². The monoisotopic (exact) mass is 615 g/mol. The molecule has 0 spiro atoms. The quantitative estimate of drug-likeness (QED) is 0.195. The summed E-state index contributed by atoms with van der Waals surface area (Å²) in [5, 5.41) is 17.5. The van der Waals surface area contributed by atoms with Crippen LogP contribution in [0.15, 0.2) is 152 Å². The molecule has 3 aromatic heterocycles. The molecule has 218 valence electrons. The second kappa shape index (κ2) is 9.92. The van der Waals surface area contributed by atoms with E-state index in [1.165, 1.54) is 52.8 Å². The van der Waals surface area contributed by atoms with E-state index in [1.807, 2.05) is 35.6 Å². The lowest BCUT2D eigenvalue weighted by Gasteiger charge is -2.13. The van der Waals surface area contributed by atoms with E-state index in [2.05, 4.69) is 143 Å². The van der Waals surface area contributed by atoms with E-state index in [0.29, 0.717) is 5.56 Å². The van der Waals surface area contributed by atoms with Crippen LogP contribution in [0.3, 0.4) is 0 Å². The third-order valence-corrected chi connectivity index (χ3v) is 10.7. The first-order chi connectivity index (χ1) is 23.3. The van der Waals surface area contributed by atoms with Gasteiger partial charge >= 0.3 is 0 Å². The molecule has 0 N–H and O–H groups in total. The molecule has 4 heteroatoms. The van der Waals surface area contributed by atoms with Crippen molar-refractivity contribution in [2.24, 2.45) is 0 Å². The van der Waals surface area contributed by atoms with Gasteiger partial charge in [-0.1, -0.05) is 91.0 Å². The number of fused-ring (bicyclic) bond motifs is 9. The van der Waals surface area contributed by atoms with Gasteiger partial charge in [-0.3, -0.25) is 0 Å². The molecule has 0 aliphatic carbocycles. The van der Waals surface area contributed by atoms with Crippen molar-refractivity contribution in [3.8, 4) is 28.6 Å². The van der Waals surface area contributed by atoms with Gasteiger partial charge in [-0.05, 0) is 66.2 Å². The maximum absolute atomic E-state index is 10.1. The average Bonchev–Trinajstić information content (AvgIpc) is 3.79. The lowest BCUT2D eigenvalue weighted by Crippen LogP contribution is -1.98. The molecule has 0 saturated carbocycles. The SMILES string of the molecule is N#Cc1ccccc1-n1c2ccccc2c2cccc(-c3ccc4sc5ccc(-n6c7ccccc7c7ccccc76)cc5c4c3)c21. The van der Waals surface area contributed by atoms with Crippen LogP contribution in [0.2, 0.25) is 0 Å². The summed E-state index contributed by atoms with van der Waals surface area (Å²) in [7, 11) is 0. The molecular formula is C43H25N3S. The molecule has 0 saturated heterocycles. The topological polar surface area (TPSA) is 33.6 Å². The first kappa shape index (κ1) is 26.1. The molecule has 0 unspecified atom stereocenters. The van der Waals surface area contributed by atoms with Crippen LogP contribution in [-0.2, 0) is 0 Å². The van der Waals surface area contributed by atoms with Gasteiger partial charge in [0.1, 0.15) is 6.07 Å². The second-order valence-corrected chi connectivity index (χ2v) is 13.1. The van der Waals surface area contributed by atoms with Gasteiger partial charge in [0.25, 0.3) is 0 Å². The fourth-order valence-corrected chi connectivity index (χ4v) is 8.60. The van der Waals surface area contributed by atoms with Crippen LogP contribution in [0.4, 0.5) is 0 Å². The highest BCUT2D eigenvalue weighted by molar-refractivity contribution is 7.25. The Kier molecular flexibility index (Phi) is 5.51. The molecule has 10 rings (SSSR count). The van der Waals surface area contributed by atoms with Crippen molar-refractivity contribution in [2.45, 2.75) is 0 Å². The van der Waals surface area contributed by atoms with E-state index in [4.69, 9.17) is 0 Å². The number of hydrogen-bond acceptors (Lipinski definition) is 2. The largest absolute Gasteiger partial charge is 0.309 e. The summed E-state index contributed by atoms with van der Waals surface area (Å²) in [5.41, 5.74) is 9.64. The molecular weight excluding hydrogens is 591 g/mol. The van der Waals surface area contributed by atoms with E-state index < -0.39 is 0 Å². The van der Waals surface area contributed by atoms with E-state index in [0.717, 1.165) is 33.5 Å². The molecule has 7 aromatic carbocycles. The Morgan fingerprint density at radius 3 is 1.77 bits per heavy atom. The summed E-state index contributed by atoms with van der Waals surface area (Å²) in [4.78, 5) is 0. The van der Waals surface area contributed by atoms with Crippen molar-refractivity contribution >= 4 is 75.1 Å². The lowest BCUT2D eigenvalue weighted by atomic mass is 9.99. The number of aromatic nitrogens is 2. The molecule has 0 bridgehead atoms. The van der Waals surface area contributed by atoms with Crippen molar-refractivity contribution in [1.82, 2.24) is 9.13 Å². The number of thiophene rings is 1. The van der Waals surface area contributed by atoms with E-state index in [9.17, 15) is 5.26 Å². The Balaban J connectivity index is 1.24. The van der Waals surface area contributed by atoms with Crippen LogP contribution in [0, 0.1) is 11.3 Å². The fraction of sp³-hybridized carbons (Fsp3) is 0. The summed E-state index contributed by atoms with van der Waals surface area (Å²) in [5.74, 6) is 0. The maximum Gasteiger partial charge on any atom is 0.101 e. The summed E-state index contributed by atoms with van der Waals surface area (Å²) in [6.07, 6.45) is 0. The van der Waals surface area contributed by atoms with Crippen molar-refractivity contribution < 1.29 is 0 Å². The zero-order chi connectivity index (χ0) is 31.1. The van der Waals surface area contributed by atoms with Crippen molar-refractivity contribution in [2.75, 3.05) is 0 Å². The molecule has 0 aliphatic heterocycles. The third kappa shape index (κ3) is 3.72. The van der Waals surface area contributed by atoms with Crippen LogP contribution >= 0.6 is 11.3 Å². The molecule has 0 aliphatic rings. The van der Waals surface area contributed by atoms with Crippen LogP contribution in [0.25, 0.3) is 86.3 Å². The first-order valence-corrected chi connectivity index (χ1v) is 16.6. The fourth-order valence-electron chi connectivity index (χ4n) is 7.54. The number of hydrogen-bond donors (Lipinski definition) is 0. The summed E-state index contributed by atoms with van der Waals surface area (Å²) in [6.45, 7) is 0. The number of rotatable bonds is 3. The number of para-hydroxylation sites is 5. The third-order valence-electron chi connectivity index (χ3n) is 9.56. The Morgan fingerprint density at radius 2 is 1.04 bits per heavy atom. The summed E-state index contributed by atoms with van der Waals surface area (Å²) in [6, 6.07) is 56.5. The maximum atomic E-state index is 10.1. The standard InChI is InChI=1S/C43H25N3S/c44-26-28-10-1-5-16-37(28)46-40-19-8-4-13-33(40)34-15-9-14-30(43(34)46)27-20-22-41-35(24-27)36-25-29(21-23-42(36)47-41)45-38-17-6-2-11-31(38)32-12-3-7-18-39(32)45/h1-25H. The Bertz CT molecular complexity index is 2880. The Hall–Kier alpha value is -6.15. The predicted molar refractivity (Wildman–Crippen MR) is 198 cm³/mol. The predicted octanol–water partition coefficient (Wildman–Crippen LogP) is 11.8. The summed E-state index contributed by atoms with van der Waals surface area (Å²) >= 11 is 1.84. The molecule has 0 fully saturated rings. The number of nitrogens with zero attached hydrogens (tertiary/aromatic N) is 3. The normalized spacial score (nSPS) is 11.8. The van der Waals surface area contributed by atoms with Crippen molar-refractivity contribution in [3.63, 3.8) is 0 Å². The highest BCUT2D eigenvalue weighted by Gasteiger charge is 2.19. The Morgan fingerprint density at radius 1 is 0.468 bits per heavy atom. The highest BCUT2D eigenvalue weighted by Crippen LogP contribution is 2.42. The smallest absolute Gasteiger partial charge is 0.101 e. The molecule has 0 radical (unpaired) electrons. The molecule has 3 heterocycles. The van der Waals surface area contributed by atoms with Crippen LogP contribution in [0.1, 0.15) is 5.56 Å². The van der Waals surface area contributed by atoms with E-state index in [-0.39, 0.29) is 0 Å². The van der Waals surface area contributed by atoms with Crippen molar-refractivity contribution in [1.29, 1.82) is 5.26 Å². The van der Waals surface area contributed by atoms with Gasteiger partial charge in [0, 0.05) is 53.0 Å².